The average molecular weight is 305 g/mol. The highest BCUT2D eigenvalue weighted by Gasteiger charge is 2.25. The zero-order valence-corrected chi connectivity index (χ0v) is 12.4. The van der Waals surface area contributed by atoms with Crippen LogP contribution in [0.4, 0.5) is 10.7 Å². The zero-order chi connectivity index (χ0) is 14.8. The number of nitrogens with zero attached hydrogens (tertiary/aromatic N) is 4. The van der Waals surface area contributed by atoms with E-state index in [1.807, 2.05) is 0 Å². The van der Waals surface area contributed by atoms with Crippen molar-refractivity contribution in [1.29, 1.82) is 0 Å². The molecule has 1 N–H and O–H groups in total. The summed E-state index contributed by atoms with van der Waals surface area (Å²) in [6, 6.07) is 1.73. The molecule has 0 aliphatic carbocycles. The molecule has 0 unspecified atom stereocenters. The molecule has 2 amide bonds. The summed E-state index contributed by atoms with van der Waals surface area (Å²) in [5.74, 6) is 0.289. The number of carbonyl (C=O) groups is 2. The molecule has 3 rings (SSSR count). The predicted octanol–water partition coefficient (Wildman–Crippen LogP) is 0.552. The standard InChI is InChI=1S/C13H15N5O2S/c1-17-4-6-18(7-5-17)12-14-3-2-9(15-12)8-10-11(19)16-13(20)21-10/h2-3,8H,4-7H2,1H3,(H,16,19,20). The van der Waals surface area contributed by atoms with E-state index in [2.05, 4.69) is 32.1 Å². The van der Waals surface area contributed by atoms with E-state index in [1.54, 1.807) is 18.3 Å². The summed E-state index contributed by atoms with van der Waals surface area (Å²) in [7, 11) is 2.09. The normalized spacial score (nSPS) is 22.0. The van der Waals surface area contributed by atoms with E-state index >= 15 is 0 Å². The number of likely N-dealkylation sites (N-methyl/N-ethyl adjacent to an activating group) is 1. The van der Waals surface area contributed by atoms with Crippen LogP contribution < -0.4 is 10.2 Å². The highest BCUT2D eigenvalue weighted by atomic mass is 32.2. The Kier molecular flexibility index (Phi) is 3.89. The first-order valence-corrected chi connectivity index (χ1v) is 7.45. The zero-order valence-electron chi connectivity index (χ0n) is 11.6. The minimum absolute atomic E-state index is 0.348. The summed E-state index contributed by atoms with van der Waals surface area (Å²) in [6.07, 6.45) is 3.29. The summed E-state index contributed by atoms with van der Waals surface area (Å²) in [6.45, 7) is 3.71. The fraction of sp³-hybridized carbons (Fsp3) is 0.385. The van der Waals surface area contributed by atoms with Crippen LogP contribution in [0.1, 0.15) is 5.69 Å². The van der Waals surface area contributed by atoms with Gasteiger partial charge in [0.15, 0.2) is 0 Å². The average Bonchev–Trinajstić information content (AvgIpc) is 2.78. The van der Waals surface area contributed by atoms with Crippen molar-refractivity contribution in [2.45, 2.75) is 0 Å². The van der Waals surface area contributed by atoms with Gasteiger partial charge in [-0.25, -0.2) is 9.97 Å². The quantitative estimate of drug-likeness (QED) is 0.799. The number of carbonyl (C=O) groups excluding carboxylic acids is 2. The molecule has 0 aromatic carbocycles. The fourth-order valence-corrected chi connectivity index (χ4v) is 2.82. The van der Waals surface area contributed by atoms with Crippen LogP contribution in [0.5, 0.6) is 0 Å². The van der Waals surface area contributed by atoms with Crippen LogP contribution in [0.3, 0.4) is 0 Å². The van der Waals surface area contributed by atoms with Gasteiger partial charge in [0, 0.05) is 32.4 Å². The van der Waals surface area contributed by atoms with Gasteiger partial charge in [0.2, 0.25) is 5.95 Å². The number of piperazine rings is 1. The van der Waals surface area contributed by atoms with Crippen molar-refractivity contribution < 1.29 is 9.59 Å². The van der Waals surface area contributed by atoms with Gasteiger partial charge in [-0.1, -0.05) is 0 Å². The number of rotatable bonds is 2. The van der Waals surface area contributed by atoms with Gasteiger partial charge < -0.3 is 9.80 Å². The van der Waals surface area contributed by atoms with Gasteiger partial charge in [0.25, 0.3) is 11.1 Å². The molecule has 1 aromatic heterocycles. The second kappa shape index (κ2) is 5.82. The number of amides is 2. The number of hydrogen-bond donors (Lipinski definition) is 1. The van der Waals surface area contributed by atoms with Gasteiger partial charge in [-0.05, 0) is 31.0 Å². The Hall–Kier alpha value is -1.93. The number of nitrogens with one attached hydrogen (secondary N) is 1. The third-order valence-corrected chi connectivity index (χ3v) is 4.18. The van der Waals surface area contributed by atoms with Crippen LogP contribution in [0, 0.1) is 0 Å². The highest BCUT2D eigenvalue weighted by Crippen LogP contribution is 2.25. The Morgan fingerprint density at radius 2 is 2.05 bits per heavy atom. The molecule has 1 aromatic rings. The van der Waals surface area contributed by atoms with Crippen molar-refractivity contribution in [3.63, 3.8) is 0 Å². The Morgan fingerprint density at radius 3 is 2.71 bits per heavy atom. The summed E-state index contributed by atoms with van der Waals surface area (Å²) in [4.78, 5) is 36.2. The number of thioether (sulfide) groups is 1. The van der Waals surface area contributed by atoms with Gasteiger partial charge in [-0.3, -0.25) is 14.9 Å². The van der Waals surface area contributed by atoms with Crippen molar-refractivity contribution in [1.82, 2.24) is 20.2 Å². The van der Waals surface area contributed by atoms with Gasteiger partial charge in [-0.15, -0.1) is 0 Å². The van der Waals surface area contributed by atoms with E-state index in [1.165, 1.54) is 0 Å². The van der Waals surface area contributed by atoms with Crippen molar-refractivity contribution in [3.8, 4) is 0 Å². The van der Waals surface area contributed by atoms with Gasteiger partial charge in [0.1, 0.15) is 0 Å². The van der Waals surface area contributed by atoms with Crippen LogP contribution >= 0.6 is 11.8 Å². The predicted molar refractivity (Wildman–Crippen MR) is 80.8 cm³/mol. The molecule has 0 radical (unpaired) electrons. The lowest BCUT2D eigenvalue weighted by Crippen LogP contribution is -2.45. The molecular formula is C13H15N5O2S. The molecule has 0 spiro atoms. The van der Waals surface area contributed by atoms with Crippen LogP contribution in [0.15, 0.2) is 17.2 Å². The van der Waals surface area contributed by atoms with E-state index < -0.39 is 0 Å². The lowest BCUT2D eigenvalue weighted by Gasteiger charge is -2.32. The molecule has 2 fully saturated rings. The van der Waals surface area contributed by atoms with Crippen molar-refractivity contribution in [2.75, 3.05) is 38.1 Å². The Bertz CT molecular complexity index is 610. The van der Waals surface area contributed by atoms with Crippen LogP contribution in [0.2, 0.25) is 0 Å². The largest absolute Gasteiger partial charge is 0.338 e. The first kappa shape index (κ1) is 14.0. The summed E-state index contributed by atoms with van der Waals surface area (Å²) in [5.41, 5.74) is 0.631. The lowest BCUT2D eigenvalue weighted by molar-refractivity contribution is -0.115. The van der Waals surface area contributed by atoms with E-state index in [-0.39, 0.29) is 11.1 Å². The molecule has 2 saturated heterocycles. The van der Waals surface area contributed by atoms with Gasteiger partial charge in [-0.2, -0.15) is 0 Å². The molecule has 2 aliphatic rings. The monoisotopic (exact) mass is 305 g/mol. The molecule has 7 nitrogen and oxygen atoms in total. The molecule has 2 aliphatic heterocycles. The van der Waals surface area contributed by atoms with E-state index in [9.17, 15) is 9.59 Å². The molecule has 0 saturated carbocycles. The molecule has 110 valence electrons. The number of anilines is 1. The SMILES string of the molecule is CN1CCN(c2nccc(C=C3SC(=O)NC3=O)n2)CC1. The van der Waals surface area contributed by atoms with Crippen molar-refractivity contribution >= 4 is 34.9 Å². The first-order chi connectivity index (χ1) is 10.1. The highest BCUT2D eigenvalue weighted by molar-refractivity contribution is 8.18. The molecule has 0 bridgehead atoms. The first-order valence-electron chi connectivity index (χ1n) is 6.63. The minimum atomic E-state index is -0.371. The summed E-state index contributed by atoms with van der Waals surface area (Å²) in [5, 5.41) is 1.88. The van der Waals surface area contributed by atoms with Crippen LogP contribution in [-0.4, -0.2) is 59.2 Å². The topological polar surface area (TPSA) is 78.4 Å². The molecular weight excluding hydrogens is 290 g/mol. The van der Waals surface area contributed by atoms with E-state index in [0.717, 1.165) is 37.9 Å². The molecule has 0 atom stereocenters. The number of imide groups is 1. The molecule has 3 heterocycles. The Balaban J connectivity index is 1.79. The van der Waals surface area contributed by atoms with E-state index in [0.29, 0.717) is 16.5 Å². The fourth-order valence-electron chi connectivity index (χ4n) is 2.16. The second-order valence-corrected chi connectivity index (χ2v) is 5.94. The van der Waals surface area contributed by atoms with Gasteiger partial charge in [0.05, 0.1) is 10.6 Å². The summed E-state index contributed by atoms with van der Waals surface area (Å²) >= 11 is 0.891. The maximum Gasteiger partial charge on any atom is 0.290 e. The maximum atomic E-state index is 11.5. The molecule has 8 heteroatoms. The molecule has 21 heavy (non-hydrogen) atoms. The smallest absolute Gasteiger partial charge is 0.290 e. The van der Waals surface area contributed by atoms with Crippen LogP contribution in [-0.2, 0) is 4.79 Å². The number of aromatic nitrogens is 2. The van der Waals surface area contributed by atoms with Crippen molar-refractivity contribution in [3.05, 3.63) is 22.9 Å². The van der Waals surface area contributed by atoms with Gasteiger partial charge >= 0.3 is 0 Å². The Labute approximate surface area is 126 Å². The third-order valence-electron chi connectivity index (χ3n) is 3.37. The van der Waals surface area contributed by atoms with E-state index in [4.69, 9.17) is 0 Å². The summed E-state index contributed by atoms with van der Waals surface area (Å²) < 4.78 is 0. The second-order valence-electron chi connectivity index (χ2n) is 4.92. The van der Waals surface area contributed by atoms with Crippen molar-refractivity contribution in [2.24, 2.45) is 0 Å². The third kappa shape index (κ3) is 3.22. The minimum Gasteiger partial charge on any atom is -0.338 e. The maximum absolute atomic E-state index is 11.5. The Morgan fingerprint density at radius 1 is 1.29 bits per heavy atom. The number of hydrogen-bond acceptors (Lipinski definition) is 7. The lowest BCUT2D eigenvalue weighted by atomic mass is 10.3. The van der Waals surface area contributed by atoms with Crippen LogP contribution in [0.25, 0.3) is 6.08 Å².